The second-order valence-corrected chi connectivity index (χ2v) is 6.39. The van der Waals surface area contributed by atoms with Crippen LogP contribution in [0.15, 0.2) is 30.3 Å². The van der Waals surface area contributed by atoms with E-state index in [-0.39, 0.29) is 5.91 Å². The van der Waals surface area contributed by atoms with Crippen molar-refractivity contribution in [3.05, 3.63) is 41.6 Å². The van der Waals surface area contributed by atoms with Gasteiger partial charge in [0.15, 0.2) is 0 Å². The standard InChI is InChI=1S/C17H19BrN2O/c1-12-11-15(14-7-2-3-8-16(14)19-12)17(21)20(10-9-18)13-5-4-6-13/h2-3,7-8,11,13H,4-6,9-10H2,1H3. The van der Waals surface area contributed by atoms with Crippen molar-refractivity contribution in [3.63, 3.8) is 0 Å². The first-order valence-electron chi connectivity index (χ1n) is 7.44. The number of pyridine rings is 1. The molecule has 0 saturated heterocycles. The fraction of sp³-hybridized carbons (Fsp3) is 0.412. The number of alkyl halides is 1. The summed E-state index contributed by atoms with van der Waals surface area (Å²) >= 11 is 3.47. The summed E-state index contributed by atoms with van der Waals surface area (Å²) < 4.78 is 0. The van der Waals surface area contributed by atoms with Gasteiger partial charge in [0, 0.05) is 29.0 Å². The Bertz CT molecular complexity index is 667. The normalized spacial score (nSPS) is 15.0. The number of benzene rings is 1. The maximum Gasteiger partial charge on any atom is 0.254 e. The lowest BCUT2D eigenvalue weighted by Gasteiger charge is -2.37. The smallest absolute Gasteiger partial charge is 0.254 e. The van der Waals surface area contributed by atoms with Crippen LogP contribution in [0.2, 0.25) is 0 Å². The molecule has 21 heavy (non-hydrogen) atoms. The molecule has 0 radical (unpaired) electrons. The first-order chi connectivity index (χ1) is 10.2. The molecule has 1 aromatic heterocycles. The molecule has 2 aromatic rings. The molecule has 1 aliphatic rings. The van der Waals surface area contributed by atoms with Gasteiger partial charge in [-0.2, -0.15) is 0 Å². The third-order valence-corrected chi connectivity index (χ3v) is 4.53. The average Bonchev–Trinajstić information content (AvgIpc) is 2.43. The van der Waals surface area contributed by atoms with Crippen LogP contribution in [0, 0.1) is 6.92 Å². The molecule has 0 N–H and O–H groups in total. The summed E-state index contributed by atoms with van der Waals surface area (Å²) in [6.45, 7) is 2.71. The van der Waals surface area contributed by atoms with Crippen LogP contribution in [0.1, 0.15) is 35.3 Å². The second-order valence-electron chi connectivity index (χ2n) is 5.60. The third-order valence-electron chi connectivity index (χ3n) is 4.18. The van der Waals surface area contributed by atoms with E-state index in [1.807, 2.05) is 42.2 Å². The molecule has 0 aliphatic heterocycles. The summed E-state index contributed by atoms with van der Waals surface area (Å²) in [7, 11) is 0. The van der Waals surface area contributed by atoms with Gasteiger partial charge in [-0.3, -0.25) is 9.78 Å². The predicted octanol–water partition coefficient (Wildman–Crippen LogP) is 3.93. The lowest BCUT2D eigenvalue weighted by atomic mass is 9.90. The molecule has 0 atom stereocenters. The fourth-order valence-corrected chi connectivity index (χ4v) is 3.26. The molecule has 0 bridgehead atoms. The molecule has 1 aromatic carbocycles. The number of nitrogens with zero attached hydrogens (tertiary/aromatic N) is 2. The number of hydrogen-bond acceptors (Lipinski definition) is 2. The van der Waals surface area contributed by atoms with Crippen LogP contribution in [0.25, 0.3) is 10.9 Å². The van der Waals surface area contributed by atoms with Crippen molar-refractivity contribution in [2.24, 2.45) is 0 Å². The molecule has 0 spiro atoms. The summed E-state index contributed by atoms with van der Waals surface area (Å²) in [6.07, 6.45) is 3.48. The Morgan fingerprint density at radius 1 is 1.38 bits per heavy atom. The van der Waals surface area contributed by atoms with Crippen molar-refractivity contribution in [2.45, 2.75) is 32.2 Å². The van der Waals surface area contributed by atoms with Gasteiger partial charge in [-0.15, -0.1) is 0 Å². The summed E-state index contributed by atoms with van der Waals surface area (Å²) in [6, 6.07) is 10.2. The number of amides is 1. The van der Waals surface area contributed by atoms with Gasteiger partial charge >= 0.3 is 0 Å². The van der Waals surface area contributed by atoms with E-state index < -0.39 is 0 Å². The molecule has 1 aliphatic carbocycles. The predicted molar refractivity (Wildman–Crippen MR) is 88.9 cm³/mol. The largest absolute Gasteiger partial charge is 0.335 e. The molecule has 110 valence electrons. The van der Waals surface area contributed by atoms with Crippen LogP contribution >= 0.6 is 15.9 Å². The summed E-state index contributed by atoms with van der Waals surface area (Å²) in [5.74, 6) is 0.140. The highest BCUT2D eigenvalue weighted by Gasteiger charge is 2.29. The third kappa shape index (κ3) is 2.82. The highest BCUT2D eigenvalue weighted by Crippen LogP contribution is 2.28. The number of aryl methyl sites for hydroxylation is 1. The molecule has 1 saturated carbocycles. The maximum absolute atomic E-state index is 13.0. The number of carbonyl (C=O) groups is 1. The minimum Gasteiger partial charge on any atom is -0.335 e. The molecule has 1 fully saturated rings. The summed E-state index contributed by atoms with van der Waals surface area (Å²) in [5, 5.41) is 1.77. The number of carbonyl (C=O) groups excluding carboxylic acids is 1. The first-order valence-corrected chi connectivity index (χ1v) is 8.56. The number of para-hydroxylation sites is 1. The quantitative estimate of drug-likeness (QED) is 0.785. The zero-order valence-electron chi connectivity index (χ0n) is 12.2. The fourth-order valence-electron chi connectivity index (χ4n) is 2.88. The van der Waals surface area contributed by atoms with Crippen molar-refractivity contribution >= 4 is 32.7 Å². The van der Waals surface area contributed by atoms with Crippen LogP contribution < -0.4 is 0 Å². The molecule has 1 amide bonds. The minimum atomic E-state index is 0.140. The van der Waals surface area contributed by atoms with E-state index >= 15 is 0 Å². The lowest BCUT2D eigenvalue weighted by Crippen LogP contribution is -2.45. The molecule has 3 rings (SSSR count). The van der Waals surface area contributed by atoms with E-state index in [1.54, 1.807) is 0 Å². The van der Waals surface area contributed by atoms with Gasteiger partial charge in [0.25, 0.3) is 5.91 Å². The van der Waals surface area contributed by atoms with Gasteiger partial charge in [0.05, 0.1) is 11.1 Å². The summed E-state index contributed by atoms with van der Waals surface area (Å²) in [4.78, 5) is 19.6. The zero-order valence-corrected chi connectivity index (χ0v) is 13.8. The molecule has 4 heteroatoms. The van der Waals surface area contributed by atoms with Crippen LogP contribution in [0.5, 0.6) is 0 Å². The molecule has 1 heterocycles. The van der Waals surface area contributed by atoms with E-state index in [0.29, 0.717) is 6.04 Å². The van der Waals surface area contributed by atoms with Gasteiger partial charge in [-0.05, 0) is 38.3 Å². The van der Waals surface area contributed by atoms with Gasteiger partial charge in [0.1, 0.15) is 0 Å². The van der Waals surface area contributed by atoms with Gasteiger partial charge < -0.3 is 4.90 Å². The number of fused-ring (bicyclic) bond motifs is 1. The Hall–Kier alpha value is -1.42. The molecule has 3 nitrogen and oxygen atoms in total. The Balaban J connectivity index is 2.03. The van der Waals surface area contributed by atoms with Crippen LogP contribution in [-0.2, 0) is 0 Å². The van der Waals surface area contributed by atoms with Gasteiger partial charge in [-0.25, -0.2) is 0 Å². The molecular weight excluding hydrogens is 328 g/mol. The van der Waals surface area contributed by atoms with E-state index in [9.17, 15) is 4.79 Å². The SMILES string of the molecule is Cc1cc(C(=O)N(CCBr)C2CCC2)c2ccccc2n1. The van der Waals surface area contributed by atoms with E-state index in [1.165, 1.54) is 6.42 Å². The minimum absolute atomic E-state index is 0.140. The van der Waals surface area contributed by atoms with Crippen LogP contribution in [-0.4, -0.2) is 33.7 Å². The number of aromatic nitrogens is 1. The second kappa shape index (κ2) is 6.14. The monoisotopic (exact) mass is 346 g/mol. The van der Waals surface area contributed by atoms with Crippen molar-refractivity contribution in [2.75, 3.05) is 11.9 Å². The average molecular weight is 347 g/mol. The van der Waals surface area contributed by atoms with Crippen LogP contribution in [0.4, 0.5) is 0 Å². The Morgan fingerprint density at radius 2 is 2.14 bits per heavy atom. The van der Waals surface area contributed by atoms with E-state index in [2.05, 4.69) is 20.9 Å². The van der Waals surface area contributed by atoms with Crippen molar-refractivity contribution in [3.8, 4) is 0 Å². The first kappa shape index (κ1) is 14.5. The Kier molecular flexibility index (Phi) is 4.24. The van der Waals surface area contributed by atoms with E-state index in [4.69, 9.17) is 0 Å². The molecule has 0 unspecified atom stereocenters. The zero-order chi connectivity index (χ0) is 14.8. The molecular formula is C17H19BrN2O. The van der Waals surface area contributed by atoms with Crippen molar-refractivity contribution in [1.82, 2.24) is 9.88 Å². The summed E-state index contributed by atoms with van der Waals surface area (Å²) in [5.41, 5.74) is 2.57. The number of hydrogen-bond donors (Lipinski definition) is 0. The maximum atomic E-state index is 13.0. The van der Waals surface area contributed by atoms with Gasteiger partial charge in [0.2, 0.25) is 0 Å². The highest BCUT2D eigenvalue weighted by atomic mass is 79.9. The van der Waals surface area contributed by atoms with Crippen molar-refractivity contribution < 1.29 is 4.79 Å². The highest BCUT2D eigenvalue weighted by molar-refractivity contribution is 9.09. The number of rotatable bonds is 4. The Labute approximate surface area is 133 Å². The topological polar surface area (TPSA) is 33.2 Å². The van der Waals surface area contributed by atoms with Crippen LogP contribution in [0.3, 0.4) is 0 Å². The lowest BCUT2D eigenvalue weighted by molar-refractivity contribution is 0.0601. The van der Waals surface area contributed by atoms with Gasteiger partial charge in [-0.1, -0.05) is 34.1 Å². The number of halogens is 1. The van der Waals surface area contributed by atoms with E-state index in [0.717, 1.165) is 46.9 Å². The Morgan fingerprint density at radius 3 is 2.81 bits per heavy atom. The van der Waals surface area contributed by atoms with Crippen molar-refractivity contribution in [1.29, 1.82) is 0 Å².